The smallest absolute Gasteiger partial charge is 0.262 e. The van der Waals surface area contributed by atoms with Gasteiger partial charge in [-0.3, -0.25) is 10.0 Å². The second-order valence-corrected chi connectivity index (χ2v) is 10.7. The Hall–Kier alpha value is -2.52. The number of hydrogen-bond acceptors (Lipinski definition) is 8. The summed E-state index contributed by atoms with van der Waals surface area (Å²) < 4.78 is 60.9. The molecule has 0 saturated carbocycles. The van der Waals surface area contributed by atoms with E-state index in [-0.39, 0.29) is 29.6 Å². The second-order valence-electron chi connectivity index (χ2n) is 6.92. The maximum absolute atomic E-state index is 13.2. The van der Waals surface area contributed by atoms with Crippen LogP contribution in [0, 0.1) is 0 Å². The number of nitrogens with one attached hydrogen (secondary N) is 1. The highest BCUT2D eigenvalue weighted by atomic mass is 32.2. The van der Waals surface area contributed by atoms with Crippen molar-refractivity contribution in [2.45, 2.75) is 22.4 Å². The van der Waals surface area contributed by atoms with Crippen molar-refractivity contribution in [2.24, 2.45) is 7.05 Å². The number of hydroxylamine groups is 1. The van der Waals surface area contributed by atoms with Crippen LogP contribution in [0.4, 0.5) is 0 Å². The summed E-state index contributed by atoms with van der Waals surface area (Å²) >= 11 is 0. The molecular formula is C17H23N5O7S2. The Morgan fingerprint density at radius 3 is 2.42 bits per heavy atom. The third-order valence-electron chi connectivity index (χ3n) is 4.89. The van der Waals surface area contributed by atoms with Gasteiger partial charge in [0.2, 0.25) is 15.9 Å². The highest BCUT2D eigenvalue weighted by Crippen LogP contribution is 2.27. The van der Waals surface area contributed by atoms with E-state index in [1.165, 1.54) is 53.9 Å². The van der Waals surface area contributed by atoms with Crippen molar-refractivity contribution in [3.8, 4) is 5.75 Å². The lowest BCUT2D eigenvalue weighted by Crippen LogP contribution is -2.57. The van der Waals surface area contributed by atoms with E-state index in [4.69, 9.17) is 9.94 Å². The minimum atomic E-state index is -4.04. The molecule has 1 atom stereocenters. The molecule has 2 N–H and O–H groups in total. The molecule has 1 aliphatic rings. The number of aromatic nitrogens is 2. The lowest BCUT2D eigenvalue weighted by molar-refractivity contribution is -0.130. The van der Waals surface area contributed by atoms with E-state index in [2.05, 4.69) is 4.98 Å². The molecule has 0 radical (unpaired) electrons. The highest BCUT2D eigenvalue weighted by molar-refractivity contribution is 7.89. The lowest BCUT2D eigenvalue weighted by Gasteiger charge is -2.39. The fourth-order valence-corrected chi connectivity index (χ4v) is 6.35. The van der Waals surface area contributed by atoms with Crippen LogP contribution < -0.4 is 10.2 Å². The number of ether oxygens (including phenoxy) is 1. The van der Waals surface area contributed by atoms with Gasteiger partial charge in [0.15, 0.2) is 5.03 Å². The van der Waals surface area contributed by atoms with Gasteiger partial charge in [-0.15, -0.1) is 0 Å². The number of carbonyl (C=O) groups is 1. The van der Waals surface area contributed by atoms with Crippen LogP contribution in [0.15, 0.2) is 46.7 Å². The lowest BCUT2D eigenvalue weighted by atomic mass is 10.1. The summed E-state index contributed by atoms with van der Waals surface area (Å²) in [6.07, 6.45) is 2.25. The summed E-state index contributed by atoms with van der Waals surface area (Å²) in [5, 5.41) is 8.74. The van der Waals surface area contributed by atoms with Gasteiger partial charge in [0.25, 0.3) is 10.0 Å². The first-order chi connectivity index (χ1) is 14.6. The van der Waals surface area contributed by atoms with Crippen LogP contribution in [-0.4, -0.2) is 78.9 Å². The van der Waals surface area contributed by atoms with E-state index in [9.17, 15) is 21.6 Å². The number of nitrogens with zero attached hydrogens (tertiary/aromatic N) is 4. The minimum Gasteiger partial charge on any atom is -0.497 e. The Bertz CT molecular complexity index is 1150. The molecule has 1 saturated heterocycles. The van der Waals surface area contributed by atoms with Crippen molar-refractivity contribution in [3.63, 3.8) is 0 Å². The van der Waals surface area contributed by atoms with Crippen LogP contribution in [0.3, 0.4) is 0 Å². The largest absolute Gasteiger partial charge is 0.497 e. The number of carbonyl (C=O) groups excluding carboxylic acids is 1. The minimum absolute atomic E-state index is 0.0243. The van der Waals surface area contributed by atoms with Gasteiger partial charge >= 0.3 is 0 Å². The number of sulfonamides is 2. The van der Waals surface area contributed by atoms with E-state index in [1.807, 2.05) is 0 Å². The molecule has 1 aliphatic heterocycles. The average Bonchev–Trinajstić information content (AvgIpc) is 3.20. The van der Waals surface area contributed by atoms with Gasteiger partial charge < -0.3 is 9.30 Å². The fraction of sp³-hybridized carbons (Fsp3) is 0.412. The molecule has 1 amide bonds. The molecule has 14 heteroatoms. The summed E-state index contributed by atoms with van der Waals surface area (Å²) in [6, 6.07) is 4.68. The maximum Gasteiger partial charge on any atom is 0.262 e. The van der Waals surface area contributed by atoms with Gasteiger partial charge in [0.1, 0.15) is 5.75 Å². The normalized spacial score (nSPS) is 18.6. The third kappa shape index (κ3) is 4.72. The fourth-order valence-electron chi connectivity index (χ4n) is 3.31. The molecule has 31 heavy (non-hydrogen) atoms. The molecule has 1 aromatic heterocycles. The zero-order valence-corrected chi connectivity index (χ0v) is 18.5. The Morgan fingerprint density at radius 2 is 1.87 bits per heavy atom. The number of aryl methyl sites for hydroxylation is 1. The molecular weight excluding hydrogens is 450 g/mol. The third-order valence-corrected chi connectivity index (χ3v) is 8.61. The number of benzene rings is 1. The van der Waals surface area contributed by atoms with Crippen LogP contribution in [0.25, 0.3) is 0 Å². The molecule has 0 aliphatic carbocycles. The molecule has 170 valence electrons. The van der Waals surface area contributed by atoms with Gasteiger partial charge in [0, 0.05) is 45.3 Å². The Kier molecular flexibility index (Phi) is 6.66. The first kappa shape index (κ1) is 23.1. The second kappa shape index (κ2) is 8.92. The molecule has 12 nitrogen and oxygen atoms in total. The molecule has 1 aromatic carbocycles. The number of imidazole rings is 1. The monoisotopic (exact) mass is 473 g/mol. The van der Waals surface area contributed by atoms with E-state index in [0.29, 0.717) is 5.75 Å². The van der Waals surface area contributed by atoms with Crippen molar-refractivity contribution >= 4 is 26.0 Å². The Morgan fingerprint density at radius 1 is 1.19 bits per heavy atom. The van der Waals surface area contributed by atoms with Crippen molar-refractivity contribution in [3.05, 3.63) is 36.8 Å². The van der Waals surface area contributed by atoms with Gasteiger partial charge in [-0.05, 0) is 24.3 Å². The van der Waals surface area contributed by atoms with Crippen LogP contribution >= 0.6 is 0 Å². The molecule has 3 rings (SSSR count). The van der Waals surface area contributed by atoms with Crippen LogP contribution in [-0.2, 0) is 31.9 Å². The average molecular weight is 474 g/mol. The molecule has 0 spiro atoms. The maximum atomic E-state index is 13.2. The van der Waals surface area contributed by atoms with Crippen molar-refractivity contribution in [1.82, 2.24) is 23.6 Å². The SMILES string of the molecule is COc1ccc(S(=O)(=O)N2CCN(S(=O)(=O)c3cn(C)cn3)CC2CC(=O)NO)cc1. The zero-order valence-electron chi connectivity index (χ0n) is 16.9. The summed E-state index contributed by atoms with van der Waals surface area (Å²) in [6.45, 7) is -0.572. The number of methoxy groups -OCH3 is 1. The summed E-state index contributed by atoms with van der Waals surface area (Å²) in [4.78, 5) is 15.7. The van der Waals surface area contributed by atoms with Crippen molar-refractivity contribution < 1.29 is 31.6 Å². The van der Waals surface area contributed by atoms with E-state index in [0.717, 1.165) is 8.61 Å². The molecule has 2 heterocycles. The first-order valence-electron chi connectivity index (χ1n) is 9.16. The molecule has 1 fully saturated rings. The van der Waals surface area contributed by atoms with Crippen LogP contribution in [0.2, 0.25) is 0 Å². The molecule has 2 aromatic rings. The molecule has 0 bridgehead atoms. The molecule has 1 unspecified atom stereocenters. The number of piperazine rings is 1. The number of rotatable bonds is 7. The summed E-state index contributed by atoms with van der Waals surface area (Å²) in [7, 11) is -4.96. The highest BCUT2D eigenvalue weighted by Gasteiger charge is 2.41. The number of amides is 1. The van der Waals surface area contributed by atoms with Crippen LogP contribution in [0.5, 0.6) is 5.75 Å². The van der Waals surface area contributed by atoms with Crippen molar-refractivity contribution in [2.75, 3.05) is 26.7 Å². The van der Waals surface area contributed by atoms with Crippen LogP contribution in [0.1, 0.15) is 6.42 Å². The summed E-state index contributed by atoms with van der Waals surface area (Å²) in [5.74, 6) is -0.363. The van der Waals surface area contributed by atoms with Gasteiger partial charge in [-0.25, -0.2) is 27.3 Å². The van der Waals surface area contributed by atoms with Crippen molar-refractivity contribution in [1.29, 1.82) is 0 Å². The Labute approximate surface area is 180 Å². The van der Waals surface area contributed by atoms with Gasteiger partial charge in [0.05, 0.1) is 18.3 Å². The Balaban J connectivity index is 1.91. The number of hydrogen-bond donors (Lipinski definition) is 2. The standard InChI is InChI=1S/C17H23N5O7S2/c1-20-11-17(18-12-20)31(27,28)21-7-8-22(13(10-21)9-16(23)19-24)30(25,26)15-5-3-14(29-2)4-6-15/h3-6,11-13,24H,7-10H2,1-2H3,(H,19,23). The summed E-state index contributed by atoms with van der Waals surface area (Å²) in [5.41, 5.74) is 1.47. The first-order valence-corrected chi connectivity index (χ1v) is 12.0. The quantitative estimate of drug-likeness (QED) is 0.399. The van der Waals surface area contributed by atoms with E-state index < -0.39 is 38.4 Å². The topological polar surface area (TPSA) is 151 Å². The van der Waals surface area contributed by atoms with E-state index in [1.54, 1.807) is 7.05 Å². The van der Waals surface area contributed by atoms with Gasteiger partial charge in [-0.2, -0.15) is 8.61 Å². The predicted octanol–water partition coefficient (Wildman–Crippen LogP) is -0.612. The predicted molar refractivity (Wildman–Crippen MR) is 107 cm³/mol. The van der Waals surface area contributed by atoms with E-state index >= 15 is 0 Å². The van der Waals surface area contributed by atoms with Gasteiger partial charge in [-0.1, -0.05) is 0 Å². The zero-order chi connectivity index (χ0) is 22.8.